The zero-order valence-corrected chi connectivity index (χ0v) is 12.5. The van der Waals surface area contributed by atoms with E-state index in [4.69, 9.17) is 0 Å². The summed E-state index contributed by atoms with van der Waals surface area (Å²) in [7, 11) is 0. The van der Waals surface area contributed by atoms with Gasteiger partial charge < -0.3 is 14.6 Å². The standard InChI is InChI=1S/C5H7O4.K.Y/c1-2-9-5(8)3-4(6)7;;/h3H,2H2,1H3,(H,6,7);;/q-1;+1;/p-1. The van der Waals surface area contributed by atoms with Crippen LogP contribution in [0.5, 0.6) is 0 Å². The maximum atomic E-state index is 10.2. The first-order valence-electron chi connectivity index (χ1n) is 2.39. The van der Waals surface area contributed by atoms with Crippen LogP contribution < -0.4 is 56.5 Å². The van der Waals surface area contributed by atoms with Crippen LogP contribution in [0.25, 0.3) is 0 Å². The Hall–Kier alpha value is 1.55. The molecule has 0 amide bonds. The first kappa shape index (κ1) is 18.4. The summed E-state index contributed by atoms with van der Waals surface area (Å²) in [5.74, 6) is -2.41. The van der Waals surface area contributed by atoms with Gasteiger partial charge in [-0.2, -0.15) is 0 Å². The summed E-state index contributed by atoms with van der Waals surface area (Å²) in [5.41, 5.74) is 0. The van der Waals surface area contributed by atoms with Gasteiger partial charge in [0, 0.05) is 32.7 Å². The van der Waals surface area contributed by atoms with E-state index in [-0.39, 0.29) is 90.7 Å². The van der Waals surface area contributed by atoms with Crippen molar-refractivity contribution >= 4 is 11.9 Å². The summed E-state index contributed by atoms with van der Waals surface area (Å²) in [6, 6.07) is 0. The molecule has 0 saturated heterocycles. The molecular formula is C5H6KO4Y-. The third-order valence-corrected chi connectivity index (χ3v) is 0.522. The van der Waals surface area contributed by atoms with E-state index in [1.165, 1.54) is 0 Å². The largest absolute Gasteiger partial charge is 1.00 e. The fraction of sp³-hybridized carbons (Fsp3) is 0.400. The average Bonchev–Trinajstić information content (AvgIpc) is 1.63. The molecule has 0 aliphatic carbocycles. The summed E-state index contributed by atoms with van der Waals surface area (Å²) in [6.45, 7) is 1.75. The Morgan fingerprint density at radius 1 is 1.55 bits per heavy atom. The van der Waals surface area contributed by atoms with Gasteiger partial charge in [-0.05, 0) is 6.92 Å². The van der Waals surface area contributed by atoms with Gasteiger partial charge in [-0.25, -0.2) is 6.42 Å². The number of carbonyl (C=O) groups excluding carboxylic acids is 2. The van der Waals surface area contributed by atoms with Gasteiger partial charge in [0.25, 0.3) is 0 Å². The van der Waals surface area contributed by atoms with Crippen LogP contribution in [0.1, 0.15) is 6.92 Å². The first-order chi connectivity index (χ1) is 4.16. The van der Waals surface area contributed by atoms with Crippen LogP contribution in [0.15, 0.2) is 0 Å². The van der Waals surface area contributed by atoms with Gasteiger partial charge in [0.1, 0.15) is 0 Å². The number of rotatable bonds is 3. The van der Waals surface area contributed by atoms with Crippen LogP contribution in [0.2, 0.25) is 0 Å². The second-order valence-electron chi connectivity index (χ2n) is 1.22. The molecule has 0 rings (SSSR count). The monoisotopic (exact) mass is 258 g/mol. The maximum Gasteiger partial charge on any atom is 1.00 e. The minimum Gasteiger partial charge on any atom is -0.584 e. The zero-order chi connectivity index (χ0) is 7.28. The summed E-state index contributed by atoms with van der Waals surface area (Å²) < 4.78 is 4.24. The molecule has 0 spiro atoms. The number of esters is 1. The molecule has 6 heteroatoms. The molecule has 0 N–H and O–H groups in total. The van der Waals surface area contributed by atoms with Gasteiger partial charge in [-0.3, -0.25) is 4.79 Å². The van der Waals surface area contributed by atoms with Crippen molar-refractivity contribution in [2.24, 2.45) is 0 Å². The molecule has 0 unspecified atom stereocenters. The van der Waals surface area contributed by atoms with Crippen molar-refractivity contribution in [1.82, 2.24) is 0 Å². The van der Waals surface area contributed by atoms with E-state index in [9.17, 15) is 14.7 Å². The van der Waals surface area contributed by atoms with Crippen molar-refractivity contribution in [3.63, 3.8) is 0 Å². The molecule has 0 atom stereocenters. The van der Waals surface area contributed by atoms with Gasteiger partial charge in [-0.15, -0.1) is 0 Å². The van der Waals surface area contributed by atoms with E-state index in [1.54, 1.807) is 6.92 Å². The quantitative estimate of drug-likeness (QED) is 0.221. The van der Waals surface area contributed by atoms with Crippen LogP contribution in [0, 0.1) is 6.42 Å². The van der Waals surface area contributed by atoms with Crippen molar-refractivity contribution in [3.8, 4) is 0 Å². The maximum absolute atomic E-state index is 10.2. The third kappa shape index (κ3) is 14.4. The molecule has 4 nitrogen and oxygen atoms in total. The molecule has 0 aliphatic heterocycles. The molecule has 0 heterocycles. The Labute approximate surface area is 133 Å². The Morgan fingerprint density at radius 3 is 2.27 bits per heavy atom. The molecule has 0 aliphatic rings. The van der Waals surface area contributed by atoms with E-state index in [2.05, 4.69) is 4.74 Å². The minimum atomic E-state index is -1.53. The Bertz CT molecular complexity index is 128. The topological polar surface area (TPSA) is 66.4 Å². The summed E-state index contributed by atoms with van der Waals surface area (Å²) in [5, 5.41) is 9.62. The molecular weight excluding hydrogens is 252 g/mol. The second kappa shape index (κ2) is 11.6. The van der Waals surface area contributed by atoms with E-state index in [0.717, 1.165) is 0 Å². The van der Waals surface area contributed by atoms with Gasteiger partial charge in [0.15, 0.2) is 5.97 Å². The number of hydrogen-bond donors (Lipinski definition) is 0. The van der Waals surface area contributed by atoms with Crippen LogP contribution in [-0.4, -0.2) is 18.5 Å². The fourth-order valence-corrected chi connectivity index (χ4v) is 0.280. The van der Waals surface area contributed by atoms with Crippen molar-refractivity contribution in [3.05, 3.63) is 6.42 Å². The van der Waals surface area contributed by atoms with Crippen LogP contribution in [0.3, 0.4) is 0 Å². The van der Waals surface area contributed by atoms with E-state index in [0.29, 0.717) is 6.42 Å². The molecule has 0 aromatic rings. The fourth-order valence-electron chi connectivity index (χ4n) is 0.280. The smallest absolute Gasteiger partial charge is 0.584 e. The van der Waals surface area contributed by atoms with Gasteiger partial charge in [0.2, 0.25) is 0 Å². The third-order valence-electron chi connectivity index (χ3n) is 0.522. The number of carboxylic acids is 1. The van der Waals surface area contributed by atoms with Gasteiger partial charge in [0.05, 0.1) is 6.61 Å². The molecule has 0 bridgehead atoms. The van der Waals surface area contributed by atoms with Crippen molar-refractivity contribution < 1.29 is 104 Å². The van der Waals surface area contributed by atoms with Crippen molar-refractivity contribution in [2.45, 2.75) is 6.92 Å². The first-order valence-corrected chi connectivity index (χ1v) is 2.39. The Balaban J connectivity index is -0.000000320. The Kier molecular flexibility index (Phi) is 19.3. The van der Waals surface area contributed by atoms with Gasteiger partial charge >= 0.3 is 51.4 Å². The number of carbonyl (C=O) groups is 2. The summed E-state index contributed by atoms with van der Waals surface area (Å²) in [4.78, 5) is 19.8. The molecule has 0 saturated carbocycles. The summed E-state index contributed by atoms with van der Waals surface area (Å²) >= 11 is 0. The van der Waals surface area contributed by atoms with Crippen LogP contribution in [0.4, 0.5) is 0 Å². The van der Waals surface area contributed by atoms with E-state index >= 15 is 0 Å². The zero-order valence-electron chi connectivity index (χ0n) is 6.49. The SMILES string of the molecule is CCOC(=O)[CH-]C(=O)[O-].[K+].[Y]. The summed E-state index contributed by atoms with van der Waals surface area (Å²) in [6.07, 6.45) is 0.365. The molecule has 11 heavy (non-hydrogen) atoms. The predicted octanol–water partition coefficient (Wildman–Crippen LogP) is -4.49. The van der Waals surface area contributed by atoms with E-state index in [1.807, 2.05) is 0 Å². The average molecular weight is 258 g/mol. The molecule has 0 aromatic heterocycles. The minimum absolute atomic E-state index is 0. The normalized spacial score (nSPS) is 6.64. The Morgan fingerprint density at radius 2 is 2.00 bits per heavy atom. The number of aliphatic carboxylic acids is 1. The van der Waals surface area contributed by atoms with Crippen molar-refractivity contribution in [2.75, 3.05) is 6.61 Å². The van der Waals surface area contributed by atoms with Crippen LogP contribution >= 0.6 is 0 Å². The molecule has 0 fully saturated rings. The molecule has 55 valence electrons. The number of hydrogen-bond acceptors (Lipinski definition) is 4. The van der Waals surface area contributed by atoms with Crippen molar-refractivity contribution in [1.29, 1.82) is 0 Å². The van der Waals surface area contributed by atoms with Gasteiger partial charge in [-0.1, -0.05) is 5.97 Å². The predicted molar refractivity (Wildman–Crippen MR) is 25.9 cm³/mol. The molecule has 1 radical (unpaired) electrons. The number of carboxylic acid groups (broad SMARTS) is 1. The molecule has 0 aromatic carbocycles. The number of ether oxygens (including phenoxy) is 1. The second-order valence-corrected chi connectivity index (χ2v) is 1.22. The van der Waals surface area contributed by atoms with Crippen LogP contribution in [-0.2, 0) is 47.0 Å². The van der Waals surface area contributed by atoms with E-state index < -0.39 is 11.9 Å².